The number of nitrogens with one attached hydrogen (secondary N) is 1. The van der Waals surface area contributed by atoms with Crippen molar-refractivity contribution in [1.82, 2.24) is 9.80 Å². The number of hydrogen-bond donors (Lipinski definition) is 1. The Morgan fingerprint density at radius 2 is 1.89 bits per heavy atom. The molecule has 0 saturated carbocycles. The Morgan fingerprint density at radius 1 is 1.18 bits per heavy atom. The van der Waals surface area contributed by atoms with Crippen molar-refractivity contribution in [2.24, 2.45) is 0 Å². The minimum Gasteiger partial charge on any atom is -0.337 e. The zero-order valence-corrected chi connectivity index (χ0v) is 16.1. The summed E-state index contributed by atoms with van der Waals surface area (Å²) in [4.78, 5) is 16.0. The lowest BCUT2D eigenvalue weighted by molar-refractivity contribution is -0.138. The molecule has 2 heterocycles. The Morgan fingerprint density at radius 3 is 2.61 bits per heavy atom. The van der Waals surface area contributed by atoms with Crippen LogP contribution < -0.4 is 5.32 Å². The summed E-state index contributed by atoms with van der Waals surface area (Å²) in [5.74, 6) is -3.35. The molecule has 1 fully saturated rings. The number of halogens is 4. The highest BCUT2D eigenvalue weighted by atomic mass is 35.5. The third-order valence-corrected chi connectivity index (χ3v) is 5.63. The molecule has 1 N–H and O–H groups in total. The number of nitrogens with zero attached hydrogens (tertiary/aromatic N) is 2. The molecule has 0 spiro atoms. The maximum atomic E-state index is 13.9. The zero-order valence-electron chi connectivity index (χ0n) is 14.5. The van der Waals surface area contributed by atoms with Crippen LogP contribution in [0, 0.1) is 17.5 Å². The van der Waals surface area contributed by atoms with Crippen LogP contribution in [0.15, 0.2) is 30.3 Å². The number of carbonyl (C=O) groups excluding carboxylic acids is 1. The predicted octanol–water partition coefficient (Wildman–Crippen LogP) is 3.90. The molecule has 9 heteroatoms. The van der Waals surface area contributed by atoms with E-state index in [-0.39, 0.29) is 23.6 Å². The Labute approximate surface area is 169 Å². The van der Waals surface area contributed by atoms with Crippen molar-refractivity contribution >= 4 is 40.5 Å². The monoisotopic (exact) mass is 425 g/mol. The van der Waals surface area contributed by atoms with E-state index >= 15 is 0 Å². The molecular formula is C19H15ClF3N3OS. The number of hydrogen-bond acceptors (Lipinski definition) is 2. The summed E-state index contributed by atoms with van der Waals surface area (Å²) in [6.07, 6.45) is 0.740. The summed E-state index contributed by atoms with van der Waals surface area (Å²) in [5, 5.41) is 3.03. The fourth-order valence-corrected chi connectivity index (χ4v) is 4.12. The average Bonchev–Trinajstić information content (AvgIpc) is 2.64. The molecule has 0 radical (unpaired) electrons. The van der Waals surface area contributed by atoms with Gasteiger partial charge in [0.05, 0.1) is 12.6 Å². The van der Waals surface area contributed by atoms with Crippen molar-refractivity contribution in [2.45, 2.75) is 12.5 Å². The summed E-state index contributed by atoms with van der Waals surface area (Å²) >= 11 is 11.4. The largest absolute Gasteiger partial charge is 0.337 e. The number of carbonyl (C=O) groups is 1. The molecule has 1 atom stereocenters. The molecule has 1 unspecified atom stereocenters. The fraction of sp³-hybridized carbons (Fsp3) is 0.263. The second-order valence-electron chi connectivity index (χ2n) is 6.75. The maximum Gasteiger partial charge on any atom is 0.242 e. The first-order valence-corrected chi connectivity index (χ1v) is 9.40. The van der Waals surface area contributed by atoms with E-state index in [4.69, 9.17) is 23.8 Å². The van der Waals surface area contributed by atoms with Gasteiger partial charge < -0.3 is 15.1 Å². The van der Waals surface area contributed by atoms with Crippen molar-refractivity contribution in [1.29, 1.82) is 0 Å². The van der Waals surface area contributed by atoms with Crippen LogP contribution in [0.25, 0.3) is 0 Å². The van der Waals surface area contributed by atoms with Gasteiger partial charge in [0.1, 0.15) is 11.5 Å². The second kappa shape index (κ2) is 7.25. The van der Waals surface area contributed by atoms with Crippen molar-refractivity contribution in [3.63, 3.8) is 0 Å². The molecule has 2 aliphatic rings. The number of thiocarbonyl (C=S) groups is 1. The van der Waals surface area contributed by atoms with Gasteiger partial charge in [0.25, 0.3) is 0 Å². The van der Waals surface area contributed by atoms with E-state index < -0.39 is 23.1 Å². The number of piperazine rings is 1. The maximum absolute atomic E-state index is 13.9. The summed E-state index contributed by atoms with van der Waals surface area (Å²) in [6, 6.07) is 6.46. The zero-order chi connectivity index (χ0) is 20.0. The first kappa shape index (κ1) is 19.0. The fourth-order valence-electron chi connectivity index (χ4n) is 3.69. The van der Waals surface area contributed by atoms with Gasteiger partial charge in [-0.25, -0.2) is 13.2 Å². The Bertz CT molecular complexity index is 964. The van der Waals surface area contributed by atoms with Crippen LogP contribution >= 0.6 is 23.8 Å². The van der Waals surface area contributed by atoms with Crippen LogP contribution in [-0.2, 0) is 11.2 Å². The molecule has 2 aromatic carbocycles. The average molecular weight is 426 g/mol. The van der Waals surface area contributed by atoms with E-state index in [1.165, 1.54) is 0 Å². The lowest BCUT2D eigenvalue weighted by atomic mass is 9.91. The SMILES string of the molecule is O=C1CN(C(=S)Nc2c(F)cc(F)cc2F)CC2c3cc(Cl)ccc3CCN12. The van der Waals surface area contributed by atoms with Crippen molar-refractivity contribution < 1.29 is 18.0 Å². The highest BCUT2D eigenvalue weighted by Crippen LogP contribution is 2.35. The van der Waals surface area contributed by atoms with E-state index in [0.717, 1.165) is 17.5 Å². The molecule has 146 valence electrons. The smallest absolute Gasteiger partial charge is 0.242 e. The third-order valence-electron chi connectivity index (χ3n) is 5.03. The lowest BCUT2D eigenvalue weighted by Gasteiger charge is -2.45. The molecule has 0 aromatic heterocycles. The van der Waals surface area contributed by atoms with Gasteiger partial charge in [-0.2, -0.15) is 0 Å². The van der Waals surface area contributed by atoms with Gasteiger partial charge in [0, 0.05) is 30.2 Å². The first-order chi connectivity index (χ1) is 13.3. The minimum absolute atomic E-state index is 0.00782. The van der Waals surface area contributed by atoms with Crippen LogP contribution in [0.1, 0.15) is 17.2 Å². The van der Waals surface area contributed by atoms with E-state index in [0.29, 0.717) is 30.2 Å². The van der Waals surface area contributed by atoms with Gasteiger partial charge in [0.2, 0.25) is 5.91 Å². The van der Waals surface area contributed by atoms with Crippen LogP contribution in [0.4, 0.5) is 18.9 Å². The third kappa shape index (κ3) is 3.42. The molecule has 28 heavy (non-hydrogen) atoms. The van der Waals surface area contributed by atoms with Gasteiger partial charge in [-0.3, -0.25) is 4.79 Å². The van der Waals surface area contributed by atoms with E-state index in [2.05, 4.69) is 5.32 Å². The number of fused-ring (bicyclic) bond motifs is 3. The standard InChI is InChI=1S/C19H15ClF3N3OS/c20-11-2-1-10-3-4-26-16(13(10)5-11)8-25(9-17(26)27)19(28)24-18-14(22)6-12(21)7-15(18)23/h1-2,5-7,16H,3-4,8-9H2,(H,24,28). The number of anilines is 1. The van der Waals surface area contributed by atoms with Crippen molar-refractivity contribution in [2.75, 3.05) is 25.0 Å². The molecule has 2 aliphatic heterocycles. The van der Waals surface area contributed by atoms with Gasteiger partial charge in [-0.1, -0.05) is 17.7 Å². The van der Waals surface area contributed by atoms with Crippen LogP contribution in [0.3, 0.4) is 0 Å². The Balaban J connectivity index is 1.59. The molecule has 4 nitrogen and oxygen atoms in total. The van der Waals surface area contributed by atoms with Gasteiger partial charge in [-0.05, 0) is 41.9 Å². The quantitative estimate of drug-likeness (QED) is 0.703. The van der Waals surface area contributed by atoms with Crippen molar-refractivity contribution in [3.8, 4) is 0 Å². The normalized spacial score (nSPS) is 18.6. The highest BCUT2D eigenvalue weighted by molar-refractivity contribution is 7.80. The predicted molar refractivity (Wildman–Crippen MR) is 104 cm³/mol. The van der Waals surface area contributed by atoms with E-state index in [1.54, 1.807) is 9.80 Å². The van der Waals surface area contributed by atoms with Crippen LogP contribution in [0.2, 0.25) is 5.02 Å². The van der Waals surface area contributed by atoms with E-state index in [9.17, 15) is 18.0 Å². The molecule has 1 amide bonds. The van der Waals surface area contributed by atoms with Crippen LogP contribution in [-0.4, -0.2) is 40.5 Å². The molecule has 0 bridgehead atoms. The summed E-state index contributed by atoms with van der Waals surface area (Å²) < 4.78 is 40.9. The molecule has 2 aromatic rings. The number of benzene rings is 2. The first-order valence-electron chi connectivity index (χ1n) is 8.62. The molecular weight excluding hydrogens is 411 g/mol. The number of amides is 1. The van der Waals surface area contributed by atoms with E-state index in [1.807, 2.05) is 18.2 Å². The Kier molecular flexibility index (Phi) is 4.93. The summed E-state index contributed by atoms with van der Waals surface area (Å²) in [6.45, 7) is 0.936. The Hall–Kier alpha value is -2.32. The van der Waals surface area contributed by atoms with Crippen molar-refractivity contribution in [3.05, 3.63) is 63.9 Å². The molecule has 1 saturated heterocycles. The number of rotatable bonds is 1. The van der Waals surface area contributed by atoms with Gasteiger partial charge >= 0.3 is 0 Å². The summed E-state index contributed by atoms with van der Waals surface area (Å²) in [5.41, 5.74) is 1.50. The molecule has 0 aliphatic carbocycles. The topological polar surface area (TPSA) is 35.6 Å². The van der Waals surface area contributed by atoms with Gasteiger partial charge in [0.15, 0.2) is 16.7 Å². The highest BCUT2D eigenvalue weighted by Gasteiger charge is 2.38. The lowest BCUT2D eigenvalue weighted by Crippen LogP contribution is -2.56. The minimum atomic E-state index is -1.10. The summed E-state index contributed by atoms with van der Waals surface area (Å²) in [7, 11) is 0. The molecule has 4 rings (SSSR count). The van der Waals surface area contributed by atoms with Crippen LogP contribution in [0.5, 0.6) is 0 Å². The second-order valence-corrected chi connectivity index (χ2v) is 7.57. The van der Waals surface area contributed by atoms with Gasteiger partial charge in [-0.15, -0.1) is 0 Å².